The van der Waals surface area contributed by atoms with Crippen molar-refractivity contribution in [3.8, 4) is 0 Å². The van der Waals surface area contributed by atoms with Crippen molar-refractivity contribution >= 4 is 23.3 Å². The molecule has 0 radical (unpaired) electrons. The Balaban J connectivity index is 3.02. The Morgan fingerprint density at radius 3 is 2.58 bits per heavy atom. The molecule has 0 aromatic heterocycles. The van der Waals surface area contributed by atoms with E-state index in [1.54, 1.807) is 31.3 Å². The molecule has 12 heavy (non-hydrogen) atoms. The number of halogens is 1. The van der Waals surface area contributed by atoms with Gasteiger partial charge in [0.1, 0.15) is 0 Å². The topological polar surface area (TPSA) is 46.3 Å². The minimum Gasteiger partial charge on any atom is -0.351 e. The number of benzene rings is 1. The number of hydrogen-bond donors (Lipinski definition) is 1. The number of carbonyl (C=O) groups is 1. The van der Waals surface area contributed by atoms with Crippen LogP contribution in [0.5, 0.6) is 0 Å². The first-order chi connectivity index (χ1) is 5.63. The minimum absolute atomic E-state index is 0.513. The summed E-state index contributed by atoms with van der Waals surface area (Å²) in [5, 5.41) is 0.513. The van der Waals surface area contributed by atoms with Crippen LogP contribution in [0.15, 0.2) is 24.3 Å². The fourth-order valence-corrected chi connectivity index (χ4v) is 1.10. The minimum atomic E-state index is -0.525. The molecule has 0 fully saturated rings. The molecule has 4 heteroatoms. The van der Waals surface area contributed by atoms with Gasteiger partial charge in [0.25, 0.3) is 0 Å². The van der Waals surface area contributed by atoms with Crippen LogP contribution in [-0.4, -0.2) is 13.1 Å². The van der Waals surface area contributed by atoms with Crippen LogP contribution in [0.3, 0.4) is 0 Å². The maximum absolute atomic E-state index is 10.7. The monoisotopic (exact) mass is 184 g/mol. The van der Waals surface area contributed by atoms with Crippen LogP contribution in [0.25, 0.3) is 0 Å². The van der Waals surface area contributed by atoms with E-state index in [9.17, 15) is 4.79 Å². The van der Waals surface area contributed by atoms with Crippen molar-refractivity contribution in [3.63, 3.8) is 0 Å². The largest absolute Gasteiger partial charge is 0.351 e. The third-order valence-corrected chi connectivity index (χ3v) is 1.86. The van der Waals surface area contributed by atoms with Gasteiger partial charge in [-0.15, -0.1) is 0 Å². The summed E-state index contributed by atoms with van der Waals surface area (Å²) >= 11 is 5.81. The second-order valence-corrected chi connectivity index (χ2v) is 2.76. The lowest BCUT2D eigenvalue weighted by molar-refractivity contribution is 0.255. The Morgan fingerprint density at radius 2 is 2.08 bits per heavy atom. The highest BCUT2D eigenvalue weighted by atomic mass is 35.5. The Kier molecular flexibility index (Phi) is 2.55. The van der Waals surface area contributed by atoms with Gasteiger partial charge in [0.05, 0.1) is 10.7 Å². The summed E-state index contributed by atoms with van der Waals surface area (Å²) < 4.78 is 0. The number of carbonyl (C=O) groups excluding carboxylic acids is 1. The molecule has 0 saturated carbocycles. The van der Waals surface area contributed by atoms with Crippen LogP contribution in [0, 0.1) is 0 Å². The Morgan fingerprint density at radius 1 is 1.50 bits per heavy atom. The van der Waals surface area contributed by atoms with Crippen molar-refractivity contribution < 1.29 is 4.79 Å². The van der Waals surface area contributed by atoms with Gasteiger partial charge in [-0.25, -0.2) is 4.79 Å². The van der Waals surface area contributed by atoms with Gasteiger partial charge in [-0.3, -0.25) is 4.90 Å². The molecule has 0 spiro atoms. The molecular weight excluding hydrogens is 176 g/mol. The Bertz CT molecular complexity index is 301. The van der Waals surface area contributed by atoms with Crippen molar-refractivity contribution in [2.24, 2.45) is 5.73 Å². The highest BCUT2D eigenvalue weighted by Crippen LogP contribution is 2.23. The quantitative estimate of drug-likeness (QED) is 0.712. The van der Waals surface area contributed by atoms with Crippen LogP contribution in [0.4, 0.5) is 10.5 Å². The Labute approximate surface area is 75.7 Å². The molecule has 2 N–H and O–H groups in total. The lowest BCUT2D eigenvalue weighted by Gasteiger charge is -2.15. The normalized spacial score (nSPS) is 9.50. The smallest absolute Gasteiger partial charge is 0.319 e. The van der Waals surface area contributed by atoms with Crippen LogP contribution >= 0.6 is 11.6 Å². The average molecular weight is 185 g/mol. The first-order valence-corrected chi connectivity index (χ1v) is 3.78. The highest BCUT2D eigenvalue weighted by molar-refractivity contribution is 6.33. The summed E-state index contributed by atoms with van der Waals surface area (Å²) in [5.41, 5.74) is 5.68. The second-order valence-electron chi connectivity index (χ2n) is 2.35. The van der Waals surface area contributed by atoms with E-state index in [4.69, 9.17) is 17.3 Å². The van der Waals surface area contributed by atoms with Gasteiger partial charge in [-0.1, -0.05) is 23.7 Å². The highest BCUT2D eigenvalue weighted by Gasteiger charge is 2.08. The van der Waals surface area contributed by atoms with Gasteiger partial charge in [-0.2, -0.15) is 0 Å². The molecule has 0 aliphatic rings. The van der Waals surface area contributed by atoms with Crippen molar-refractivity contribution in [2.75, 3.05) is 11.9 Å². The van der Waals surface area contributed by atoms with Gasteiger partial charge < -0.3 is 5.73 Å². The molecule has 0 unspecified atom stereocenters. The fourth-order valence-electron chi connectivity index (χ4n) is 0.842. The Hall–Kier alpha value is -1.22. The average Bonchev–Trinajstić information content (AvgIpc) is 2.04. The van der Waals surface area contributed by atoms with Crippen LogP contribution < -0.4 is 10.6 Å². The molecule has 1 aromatic carbocycles. The number of anilines is 1. The molecule has 0 atom stereocenters. The standard InChI is InChI=1S/C8H9ClN2O/c1-11(8(10)12)7-5-3-2-4-6(7)9/h2-5H,1H3,(H2,10,12). The number of urea groups is 1. The van der Waals surface area contributed by atoms with Crippen molar-refractivity contribution in [2.45, 2.75) is 0 Å². The zero-order valence-corrected chi connectivity index (χ0v) is 7.38. The van der Waals surface area contributed by atoms with E-state index in [2.05, 4.69) is 0 Å². The molecule has 3 nitrogen and oxygen atoms in total. The number of nitrogens with zero attached hydrogens (tertiary/aromatic N) is 1. The van der Waals surface area contributed by atoms with Crippen molar-refractivity contribution in [1.82, 2.24) is 0 Å². The predicted molar refractivity (Wildman–Crippen MR) is 49.4 cm³/mol. The number of rotatable bonds is 1. The maximum atomic E-state index is 10.7. The van der Waals surface area contributed by atoms with Gasteiger partial charge in [0.15, 0.2) is 0 Å². The molecular formula is C8H9ClN2O. The lowest BCUT2D eigenvalue weighted by Crippen LogP contribution is -2.31. The zero-order chi connectivity index (χ0) is 9.14. The number of nitrogens with two attached hydrogens (primary N) is 1. The van der Waals surface area contributed by atoms with Crippen molar-refractivity contribution in [1.29, 1.82) is 0 Å². The van der Waals surface area contributed by atoms with Gasteiger partial charge in [0.2, 0.25) is 0 Å². The molecule has 0 heterocycles. The predicted octanol–water partition coefficient (Wildman–Crippen LogP) is 1.85. The number of hydrogen-bond acceptors (Lipinski definition) is 1. The zero-order valence-electron chi connectivity index (χ0n) is 6.62. The first kappa shape index (κ1) is 8.87. The summed E-state index contributed by atoms with van der Waals surface area (Å²) in [7, 11) is 1.57. The van der Waals surface area contributed by atoms with E-state index in [1.807, 2.05) is 0 Å². The summed E-state index contributed by atoms with van der Waals surface area (Å²) in [5.74, 6) is 0. The third-order valence-electron chi connectivity index (χ3n) is 1.54. The molecule has 0 saturated heterocycles. The molecule has 1 aromatic rings. The summed E-state index contributed by atoms with van der Waals surface area (Å²) in [6.45, 7) is 0. The maximum Gasteiger partial charge on any atom is 0.319 e. The molecule has 64 valence electrons. The van der Waals surface area contributed by atoms with Crippen LogP contribution in [-0.2, 0) is 0 Å². The molecule has 0 aliphatic carbocycles. The van der Waals surface area contributed by atoms with E-state index in [-0.39, 0.29) is 0 Å². The lowest BCUT2D eigenvalue weighted by atomic mass is 10.3. The molecule has 2 amide bonds. The van der Waals surface area contributed by atoms with E-state index >= 15 is 0 Å². The number of para-hydroxylation sites is 1. The van der Waals surface area contributed by atoms with Gasteiger partial charge in [0, 0.05) is 7.05 Å². The summed E-state index contributed by atoms with van der Waals surface area (Å²) in [4.78, 5) is 12.0. The first-order valence-electron chi connectivity index (χ1n) is 3.40. The van der Waals surface area contributed by atoms with E-state index < -0.39 is 6.03 Å². The van der Waals surface area contributed by atoms with Crippen LogP contribution in [0.1, 0.15) is 0 Å². The van der Waals surface area contributed by atoms with Crippen molar-refractivity contribution in [3.05, 3.63) is 29.3 Å². The van der Waals surface area contributed by atoms with Crippen LogP contribution in [0.2, 0.25) is 5.02 Å². The molecule has 0 bridgehead atoms. The number of amides is 2. The summed E-state index contributed by atoms with van der Waals surface area (Å²) in [6, 6.07) is 6.49. The van der Waals surface area contributed by atoms with E-state index in [0.717, 1.165) is 0 Å². The molecule has 0 aliphatic heterocycles. The van der Waals surface area contributed by atoms with Gasteiger partial charge >= 0.3 is 6.03 Å². The second kappa shape index (κ2) is 3.45. The summed E-state index contributed by atoms with van der Waals surface area (Å²) in [6.07, 6.45) is 0. The fraction of sp³-hybridized carbons (Fsp3) is 0.125. The third kappa shape index (κ3) is 1.68. The van der Waals surface area contributed by atoms with E-state index in [0.29, 0.717) is 10.7 Å². The SMILES string of the molecule is CN(C(N)=O)c1ccccc1Cl. The number of primary amides is 1. The van der Waals surface area contributed by atoms with E-state index in [1.165, 1.54) is 4.90 Å². The van der Waals surface area contributed by atoms with Gasteiger partial charge in [-0.05, 0) is 12.1 Å². The molecule has 1 rings (SSSR count).